The lowest BCUT2D eigenvalue weighted by molar-refractivity contribution is -0.163. The van der Waals surface area contributed by atoms with E-state index in [1.165, 1.54) is 4.90 Å². The van der Waals surface area contributed by atoms with E-state index >= 15 is 0 Å². The van der Waals surface area contributed by atoms with Crippen molar-refractivity contribution >= 4 is 12.1 Å². The summed E-state index contributed by atoms with van der Waals surface area (Å²) in [6.45, 7) is 6.09. The second-order valence-corrected chi connectivity index (χ2v) is 5.39. The lowest BCUT2D eigenvalue weighted by Gasteiger charge is -2.30. The number of rotatable bonds is 3. The van der Waals surface area contributed by atoms with Crippen LogP contribution in [0.25, 0.3) is 0 Å². The van der Waals surface area contributed by atoms with Gasteiger partial charge in [0, 0.05) is 6.54 Å². The van der Waals surface area contributed by atoms with Crippen LogP contribution in [0, 0.1) is 0 Å². The standard InChI is InChI=1S/C12H21NO5/c1-12(2,3)18-10(14)8-17-9-5-4-6-13(7-9)11(15)16/h9H,4-8H2,1-3H3,(H,15,16)/t9-/m0/s1. The number of amides is 1. The average molecular weight is 259 g/mol. The van der Waals surface area contributed by atoms with Gasteiger partial charge in [0.25, 0.3) is 0 Å². The summed E-state index contributed by atoms with van der Waals surface area (Å²) in [5.74, 6) is -0.421. The van der Waals surface area contributed by atoms with Crippen LogP contribution >= 0.6 is 0 Å². The molecular formula is C12H21NO5. The third-order valence-electron chi connectivity index (χ3n) is 2.51. The molecule has 0 aliphatic carbocycles. The first-order valence-electron chi connectivity index (χ1n) is 6.09. The molecule has 1 atom stereocenters. The minimum absolute atomic E-state index is 0.130. The van der Waals surface area contributed by atoms with Gasteiger partial charge in [-0.1, -0.05) is 0 Å². The van der Waals surface area contributed by atoms with Crippen LogP contribution in [0.3, 0.4) is 0 Å². The van der Waals surface area contributed by atoms with E-state index in [0.29, 0.717) is 13.1 Å². The first kappa shape index (κ1) is 14.8. The topological polar surface area (TPSA) is 76.1 Å². The quantitative estimate of drug-likeness (QED) is 0.777. The fraction of sp³-hybridized carbons (Fsp3) is 0.833. The monoisotopic (exact) mass is 259 g/mol. The molecule has 0 aromatic carbocycles. The van der Waals surface area contributed by atoms with Crippen LogP contribution in [0.1, 0.15) is 33.6 Å². The predicted octanol–water partition coefficient (Wildman–Crippen LogP) is 1.49. The SMILES string of the molecule is CC(C)(C)OC(=O)CO[C@H]1CCCN(C(=O)O)C1. The Bertz CT molecular complexity index is 310. The summed E-state index contributed by atoms with van der Waals surface area (Å²) in [7, 11) is 0. The largest absolute Gasteiger partial charge is 0.465 e. The van der Waals surface area contributed by atoms with Gasteiger partial charge in [0.15, 0.2) is 0 Å². The third kappa shape index (κ3) is 5.35. The summed E-state index contributed by atoms with van der Waals surface area (Å²) in [6, 6.07) is 0. The normalized spacial score (nSPS) is 20.6. The Morgan fingerprint density at radius 2 is 2.06 bits per heavy atom. The fourth-order valence-electron chi connectivity index (χ4n) is 1.80. The maximum absolute atomic E-state index is 11.4. The Morgan fingerprint density at radius 3 is 2.61 bits per heavy atom. The van der Waals surface area contributed by atoms with Crippen LogP contribution in [-0.2, 0) is 14.3 Å². The number of carboxylic acid groups (broad SMARTS) is 1. The molecule has 0 spiro atoms. The summed E-state index contributed by atoms with van der Waals surface area (Å²) in [5.41, 5.74) is -0.528. The molecule has 1 amide bonds. The molecule has 1 heterocycles. The average Bonchev–Trinajstić information content (AvgIpc) is 2.24. The maximum Gasteiger partial charge on any atom is 0.407 e. The van der Waals surface area contributed by atoms with Gasteiger partial charge in [-0.15, -0.1) is 0 Å². The molecule has 18 heavy (non-hydrogen) atoms. The van der Waals surface area contributed by atoms with Gasteiger partial charge in [0.05, 0.1) is 12.6 Å². The highest BCUT2D eigenvalue weighted by atomic mass is 16.6. The highest BCUT2D eigenvalue weighted by Crippen LogP contribution is 2.14. The molecule has 6 nitrogen and oxygen atoms in total. The van der Waals surface area contributed by atoms with Gasteiger partial charge in [0.2, 0.25) is 0 Å². The Balaban J connectivity index is 2.31. The smallest absolute Gasteiger partial charge is 0.407 e. The molecule has 1 N–H and O–H groups in total. The number of esters is 1. The molecule has 1 rings (SSSR count). The van der Waals surface area contributed by atoms with E-state index in [0.717, 1.165) is 12.8 Å². The van der Waals surface area contributed by atoms with Crippen molar-refractivity contribution in [3.05, 3.63) is 0 Å². The van der Waals surface area contributed by atoms with E-state index < -0.39 is 17.7 Å². The molecule has 1 saturated heterocycles. The number of hydrogen-bond acceptors (Lipinski definition) is 4. The van der Waals surface area contributed by atoms with Gasteiger partial charge in [-0.2, -0.15) is 0 Å². The van der Waals surface area contributed by atoms with Crippen molar-refractivity contribution in [3.8, 4) is 0 Å². The van der Waals surface area contributed by atoms with Crippen LogP contribution in [0.15, 0.2) is 0 Å². The number of nitrogens with zero attached hydrogens (tertiary/aromatic N) is 1. The van der Waals surface area contributed by atoms with Gasteiger partial charge in [-0.05, 0) is 33.6 Å². The minimum Gasteiger partial charge on any atom is -0.465 e. The van der Waals surface area contributed by atoms with Crippen LogP contribution < -0.4 is 0 Å². The van der Waals surface area contributed by atoms with E-state index in [1.54, 1.807) is 20.8 Å². The van der Waals surface area contributed by atoms with Gasteiger partial charge in [-0.3, -0.25) is 0 Å². The zero-order chi connectivity index (χ0) is 13.8. The second kappa shape index (κ2) is 6.04. The number of ether oxygens (including phenoxy) is 2. The van der Waals surface area contributed by atoms with Crippen LogP contribution in [0.4, 0.5) is 4.79 Å². The molecule has 0 unspecified atom stereocenters. The summed E-state index contributed by atoms with van der Waals surface area (Å²) in [4.78, 5) is 23.6. The Kier molecular flexibility index (Phi) is 4.95. The predicted molar refractivity (Wildman–Crippen MR) is 64.4 cm³/mol. The van der Waals surface area contributed by atoms with E-state index in [4.69, 9.17) is 14.6 Å². The van der Waals surface area contributed by atoms with Crippen molar-refractivity contribution in [2.75, 3.05) is 19.7 Å². The van der Waals surface area contributed by atoms with E-state index in [2.05, 4.69) is 0 Å². The van der Waals surface area contributed by atoms with Crippen molar-refractivity contribution in [1.29, 1.82) is 0 Å². The highest BCUT2D eigenvalue weighted by molar-refractivity contribution is 5.71. The maximum atomic E-state index is 11.4. The summed E-state index contributed by atoms with van der Waals surface area (Å²) in [6.07, 6.45) is 0.362. The van der Waals surface area contributed by atoms with Gasteiger partial charge < -0.3 is 19.5 Å². The zero-order valence-electron chi connectivity index (χ0n) is 11.1. The molecule has 0 radical (unpaired) electrons. The lowest BCUT2D eigenvalue weighted by atomic mass is 10.1. The highest BCUT2D eigenvalue weighted by Gasteiger charge is 2.25. The number of likely N-dealkylation sites (tertiary alicyclic amines) is 1. The number of piperidine rings is 1. The number of carbonyl (C=O) groups excluding carboxylic acids is 1. The Labute approximate surface area is 107 Å². The molecule has 1 aliphatic rings. The first-order chi connectivity index (χ1) is 8.28. The Hall–Kier alpha value is -1.30. The Morgan fingerprint density at radius 1 is 1.39 bits per heavy atom. The van der Waals surface area contributed by atoms with E-state index in [1.807, 2.05) is 0 Å². The van der Waals surface area contributed by atoms with Gasteiger partial charge >= 0.3 is 12.1 Å². The minimum atomic E-state index is -0.944. The molecule has 0 aromatic heterocycles. The molecular weight excluding hydrogens is 238 g/mol. The molecule has 0 aromatic rings. The van der Waals surface area contributed by atoms with Crippen molar-refractivity contribution in [2.24, 2.45) is 0 Å². The molecule has 0 saturated carbocycles. The van der Waals surface area contributed by atoms with Gasteiger partial charge in [0.1, 0.15) is 12.2 Å². The van der Waals surface area contributed by atoms with Crippen molar-refractivity contribution < 1.29 is 24.2 Å². The number of carbonyl (C=O) groups is 2. The summed E-state index contributed by atoms with van der Waals surface area (Å²) in [5, 5.41) is 8.87. The van der Waals surface area contributed by atoms with Crippen molar-refractivity contribution in [2.45, 2.75) is 45.3 Å². The van der Waals surface area contributed by atoms with Crippen molar-refractivity contribution in [3.63, 3.8) is 0 Å². The van der Waals surface area contributed by atoms with Crippen LogP contribution in [-0.4, -0.2) is 53.5 Å². The molecule has 0 bridgehead atoms. The second-order valence-electron chi connectivity index (χ2n) is 5.39. The fourth-order valence-corrected chi connectivity index (χ4v) is 1.80. The van der Waals surface area contributed by atoms with Crippen LogP contribution in [0.5, 0.6) is 0 Å². The molecule has 1 fully saturated rings. The summed E-state index contributed by atoms with van der Waals surface area (Å²) >= 11 is 0. The van der Waals surface area contributed by atoms with Gasteiger partial charge in [-0.25, -0.2) is 9.59 Å². The third-order valence-corrected chi connectivity index (χ3v) is 2.51. The molecule has 1 aliphatic heterocycles. The summed E-state index contributed by atoms with van der Waals surface area (Å²) < 4.78 is 10.5. The van der Waals surface area contributed by atoms with E-state index in [-0.39, 0.29) is 12.7 Å². The first-order valence-corrected chi connectivity index (χ1v) is 6.09. The van der Waals surface area contributed by atoms with E-state index in [9.17, 15) is 9.59 Å². The number of hydrogen-bond donors (Lipinski definition) is 1. The zero-order valence-corrected chi connectivity index (χ0v) is 11.1. The molecule has 104 valence electrons. The lowest BCUT2D eigenvalue weighted by Crippen LogP contribution is -2.43. The van der Waals surface area contributed by atoms with Crippen molar-refractivity contribution in [1.82, 2.24) is 4.90 Å². The van der Waals surface area contributed by atoms with Crippen LogP contribution in [0.2, 0.25) is 0 Å². The molecule has 6 heteroatoms.